The highest BCUT2D eigenvalue weighted by Gasteiger charge is 2.15. The second kappa shape index (κ2) is 9.86. The van der Waals surface area contributed by atoms with Crippen molar-refractivity contribution < 1.29 is 8.78 Å². The Labute approximate surface area is 181 Å². The van der Waals surface area contributed by atoms with E-state index in [1.165, 1.54) is 0 Å². The van der Waals surface area contributed by atoms with Crippen molar-refractivity contribution in [1.82, 2.24) is 19.7 Å². The predicted octanol–water partition coefficient (Wildman–Crippen LogP) is 6.00. The lowest BCUT2D eigenvalue weighted by molar-refractivity contribution is 0.252. The van der Waals surface area contributed by atoms with E-state index in [-0.39, 0.29) is 0 Å². The molecule has 4 nitrogen and oxygen atoms in total. The number of nitrogens with zero attached hydrogens (tertiary/aromatic N) is 4. The minimum Gasteiger partial charge on any atom is -0.297 e. The average Bonchev–Trinajstić information content (AvgIpc) is 3.16. The van der Waals surface area contributed by atoms with E-state index in [4.69, 9.17) is 0 Å². The van der Waals surface area contributed by atoms with Gasteiger partial charge in [0.1, 0.15) is 0 Å². The maximum Gasteiger partial charge on any atom is 0.288 e. The van der Waals surface area contributed by atoms with Gasteiger partial charge in [-0.3, -0.25) is 9.55 Å². The van der Waals surface area contributed by atoms with E-state index in [0.29, 0.717) is 29.0 Å². The molecule has 152 valence electrons. The van der Waals surface area contributed by atoms with Gasteiger partial charge in [0.05, 0.1) is 6.54 Å². The summed E-state index contributed by atoms with van der Waals surface area (Å²) in [4.78, 5) is 4.76. The fourth-order valence-electron chi connectivity index (χ4n) is 2.93. The lowest BCUT2D eigenvalue weighted by atomic mass is 10.2. The van der Waals surface area contributed by atoms with Gasteiger partial charge in [-0.15, -0.1) is 10.2 Å². The molecule has 0 saturated heterocycles. The highest BCUT2D eigenvalue weighted by atomic mass is 32.2. The van der Waals surface area contributed by atoms with E-state index in [1.807, 2.05) is 42.5 Å². The summed E-state index contributed by atoms with van der Waals surface area (Å²) < 4.78 is 27.1. The van der Waals surface area contributed by atoms with Crippen molar-refractivity contribution in [3.05, 3.63) is 90.3 Å². The molecule has 2 aromatic heterocycles. The number of halogens is 2. The third kappa shape index (κ3) is 5.25. The van der Waals surface area contributed by atoms with Gasteiger partial charge in [0.15, 0.2) is 11.0 Å². The van der Waals surface area contributed by atoms with Crippen LogP contribution in [0.4, 0.5) is 8.78 Å². The van der Waals surface area contributed by atoms with Crippen molar-refractivity contribution in [2.24, 2.45) is 0 Å². The summed E-state index contributed by atoms with van der Waals surface area (Å²) in [7, 11) is 0. The van der Waals surface area contributed by atoms with Gasteiger partial charge in [-0.1, -0.05) is 66.0 Å². The quantitative estimate of drug-likeness (QED) is 0.315. The van der Waals surface area contributed by atoms with E-state index in [2.05, 4.69) is 31.9 Å². The first-order chi connectivity index (χ1) is 14.7. The molecule has 0 aliphatic heterocycles. The number of benzene rings is 2. The normalized spacial score (nSPS) is 11.2. The van der Waals surface area contributed by atoms with Crippen molar-refractivity contribution in [3.8, 4) is 11.4 Å². The van der Waals surface area contributed by atoms with E-state index >= 15 is 0 Å². The third-order valence-electron chi connectivity index (χ3n) is 4.34. The molecule has 0 fully saturated rings. The average molecular weight is 441 g/mol. The van der Waals surface area contributed by atoms with Gasteiger partial charge in [-0.05, 0) is 35.4 Å². The van der Waals surface area contributed by atoms with Crippen LogP contribution in [0.2, 0.25) is 0 Å². The van der Waals surface area contributed by atoms with Gasteiger partial charge in [-0.2, -0.15) is 8.78 Å². The van der Waals surface area contributed by atoms with Crippen molar-refractivity contribution >= 4 is 23.5 Å². The summed E-state index contributed by atoms with van der Waals surface area (Å²) in [5.41, 5.74) is 3.09. The van der Waals surface area contributed by atoms with Gasteiger partial charge in [0.25, 0.3) is 5.76 Å². The van der Waals surface area contributed by atoms with Gasteiger partial charge in [-0.25, -0.2) is 0 Å². The van der Waals surface area contributed by atoms with Gasteiger partial charge in [0.2, 0.25) is 0 Å². The van der Waals surface area contributed by atoms with Crippen molar-refractivity contribution in [3.63, 3.8) is 0 Å². The van der Waals surface area contributed by atoms with E-state index in [1.54, 1.807) is 36.3 Å². The maximum absolute atomic E-state index is 12.5. The van der Waals surface area contributed by atoms with E-state index < -0.39 is 5.76 Å². The summed E-state index contributed by atoms with van der Waals surface area (Å²) in [6, 6.07) is 21.2. The Morgan fingerprint density at radius 2 is 1.67 bits per heavy atom. The summed E-state index contributed by atoms with van der Waals surface area (Å²) in [5.74, 6) is -0.981. The molecule has 0 saturated carbocycles. The predicted molar refractivity (Wildman–Crippen MR) is 117 cm³/mol. The minimum absolute atomic E-state index is 0.554. The Morgan fingerprint density at radius 3 is 2.37 bits per heavy atom. The fraction of sp³-hybridized carbons (Fsp3) is 0.136. The number of hydrogen-bond acceptors (Lipinski definition) is 5. The minimum atomic E-state index is -2.41. The Balaban J connectivity index is 1.56. The number of pyridine rings is 1. The molecule has 0 aliphatic carbocycles. The Kier molecular flexibility index (Phi) is 6.76. The molecular weight excluding hydrogens is 422 g/mol. The van der Waals surface area contributed by atoms with Gasteiger partial charge < -0.3 is 0 Å². The van der Waals surface area contributed by atoms with Crippen LogP contribution in [0.15, 0.2) is 89.2 Å². The van der Waals surface area contributed by atoms with Crippen LogP contribution in [0.1, 0.15) is 11.1 Å². The summed E-state index contributed by atoms with van der Waals surface area (Å²) in [6.07, 6.45) is 3.51. The molecule has 0 atom stereocenters. The van der Waals surface area contributed by atoms with Crippen LogP contribution >= 0.6 is 23.5 Å². The Bertz CT molecular complexity index is 1070. The van der Waals surface area contributed by atoms with Gasteiger partial charge in [0, 0.05) is 28.6 Å². The molecule has 0 radical (unpaired) electrons. The number of hydrogen-bond donors (Lipinski definition) is 0. The molecule has 8 heteroatoms. The fourth-order valence-corrected chi connectivity index (χ4v) is 4.32. The van der Waals surface area contributed by atoms with Crippen LogP contribution in [0.3, 0.4) is 0 Å². The lowest BCUT2D eigenvalue weighted by Crippen LogP contribution is -2.04. The third-order valence-corrected chi connectivity index (χ3v) is 6.10. The first-order valence-corrected chi connectivity index (χ1v) is 11.1. The van der Waals surface area contributed by atoms with Crippen molar-refractivity contribution in [1.29, 1.82) is 0 Å². The first-order valence-electron chi connectivity index (χ1n) is 9.23. The van der Waals surface area contributed by atoms with Crippen molar-refractivity contribution in [2.45, 2.75) is 28.1 Å². The molecular formula is C22H18F2N4S2. The highest BCUT2D eigenvalue weighted by molar-refractivity contribution is 7.99. The Morgan fingerprint density at radius 1 is 0.867 bits per heavy atom. The van der Waals surface area contributed by atoms with Crippen molar-refractivity contribution in [2.75, 3.05) is 0 Å². The van der Waals surface area contributed by atoms with Crippen LogP contribution in [-0.2, 0) is 12.3 Å². The summed E-state index contributed by atoms with van der Waals surface area (Å²) in [6.45, 7) is 0.643. The number of alkyl halides is 2. The monoisotopic (exact) mass is 440 g/mol. The molecule has 2 aromatic carbocycles. The van der Waals surface area contributed by atoms with Crippen LogP contribution in [0, 0.1) is 0 Å². The zero-order valence-corrected chi connectivity index (χ0v) is 17.5. The first kappa shape index (κ1) is 20.6. The zero-order valence-electron chi connectivity index (χ0n) is 15.9. The SMILES string of the molecule is FC(F)Sc1ccc(CSc2nnc(-c3cccnc3)n2Cc2ccccc2)cc1. The highest BCUT2D eigenvalue weighted by Crippen LogP contribution is 2.29. The largest absolute Gasteiger partial charge is 0.297 e. The number of aromatic nitrogens is 4. The van der Waals surface area contributed by atoms with Crippen LogP contribution in [0.25, 0.3) is 11.4 Å². The zero-order chi connectivity index (χ0) is 20.8. The van der Waals surface area contributed by atoms with Gasteiger partial charge >= 0.3 is 0 Å². The topological polar surface area (TPSA) is 43.6 Å². The molecule has 0 aliphatic rings. The molecule has 0 amide bonds. The number of thioether (sulfide) groups is 2. The molecule has 0 N–H and O–H groups in total. The van der Waals surface area contributed by atoms with E-state index in [9.17, 15) is 8.78 Å². The molecule has 2 heterocycles. The van der Waals surface area contributed by atoms with Crippen LogP contribution in [0.5, 0.6) is 0 Å². The molecule has 4 aromatic rings. The summed E-state index contributed by atoms with van der Waals surface area (Å²) in [5, 5.41) is 9.61. The lowest BCUT2D eigenvalue weighted by Gasteiger charge is -2.10. The van der Waals surface area contributed by atoms with Crippen LogP contribution < -0.4 is 0 Å². The molecule has 30 heavy (non-hydrogen) atoms. The Hall–Kier alpha value is -2.71. The standard InChI is InChI=1S/C22H18F2N4S2/c23-21(24)30-19-10-8-17(9-11-19)15-29-22-27-26-20(18-7-4-12-25-13-18)28(22)14-16-5-2-1-3-6-16/h1-13,21H,14-15H2. The molecule has 0 unspecified atom stereocenters. The summed E-state index contributed by atoms with van der Waals surface area (Å²) >= 11 is 2.12. The molecule has 4 rings (SSSR count). The molecule has 0 spiro atoms. The molecule has 0 bridgehead atoms. The second-order valence-corrected chi connectivity index (χ2v) is 8.44. The van der Waals surface area contributed by atoms with E-state index in [0.717, 1.165) is 27.7 Å². The second-order valence-electron chi connectivity index (χ2n) is 6.43. The smallest absolute Gasteiger partial charge is 0.288 e. The maximum atomic E-state index is 12.5. The number of rotatable bonds is 8. The van der Waals surface area contributed by atoms with Crippen LogP contribution in [-0.4, -0.2) is 25.5 Å².